The summed E-state index contributed by atoms with van der Waals surface area (Å²) < 4.78 is 57.8. The monoisotopic (exact) mass is 444 g/mol. The minimum absolute atomic E-state index is 0.105. The summed E-state index contributed by atoms with van der Waals surface area (Å²) in [6.45, 7) is 3.37. The quantitative estimate of drug-likeness (QED) is 0.319. The van der Waals surface area contributed by atoms with E-state index in [2.05, 4.69) is 19.1 Å². The van der Waals surface area contributed by atoms with Crippen molar-refractivity contribution in [3.05, 3.63) is 70.8 Å². The number of rotatable bonds is 5. The fraction of sp³-hybridized carbons (Fsp3) is 0.500. The highest BCUT2D eigenvalue weighted by Crippen LogP contribution is 2.48. The van der Waals surface area contributed by atoms with Crippen LogP contribution in [0.4, 0.5) is 17.6 Å². The second-order valence-corrected chi connectivity index (χ2v) is 9.78. The smallest absolute Gasteiger partial charge is 0.134 e. The van der Waals surface area contributed by atoms with Crippen molar-refractivity contribution in [1.29, 1.82) is 0 Å². The Hall–Kier alpha value is -2.10. The third-order valence-electron chi connectivity index (χ3n) is 7.80. The van der Waals surface area contributed by atoms with Crippen molar-refractivity contribution in [3.8, 4) is 11.1 Å². The molecule has 0 aromatic heterocycles. The van der Waals surface area contributed by atoms with Gasteiger partial charge in [0.25, 0.3) is 0 Å². The maximum atomic E-state index is 15.0. The van der Waals surface area contributed by atoms with Crippen molar-refractivity contribution in [1.82, 2.24) is 0 Å². The summed E-state index contributed by atoms with van der Waals surface area (Å²) >= 11 is 0. The number of hydrogen-bond donors (Lipinski definition) is 0. The van der Waals surface area contributed by atoms with Gasteiger partial charge in [-0.25, -0.2) is 17.6 Å². The molecule has 0 spiro atoms. The maximum Gasteiger partial charge on any atom is 0.134 e. The lowest BCUT2D eigenvalue weighted by molar-refractivity contribution is 0.115. The van der Waals surface area contributed by atoms with Crippen LogP contribution in [0.5, 0.6) is 0 Å². The predicted molar refractivity (Wildman–Crippen MR) is 121 cm³/mol. The number of halogens is 4. The van der Waals surface area contributed by atoms with Gasteiger partial charge in [0.2, 0.25) is 0 Å². The molecule has 2 aromatic carbocycles. The summed E-state index contributed by atoms with van der Waals surface area (Å²) in [6, 6.07) is 4.75. The molecule has 2 fully saturated rings. The van der Waals surface area contributed by atoms with Crippen molar-refractivity contribution < 1.29 is 17.6 Å². The Morgan fingerprint density at radius 2 is 1.44 bits per heavy atom. The van der Waals surface area contributed by atoms with E-state index in [1.54, 1.807) is 0 Å². The lowest BCUT2D eigenvalue weighted by Gasteiger charge is -2.42. The van der Waals surface area contributed by atoms with Crippen LogP contribution in [-0.2, 0) is 0 Å². The molecule has 4 unspecified atom stereocenters. The molecule has 0 heterocycles. The van der Waals surface area contributed by atoms with Crippen molar-refractivity contribution in [2.75, 3.05) is 0 Å². The molecule has 2 aliphatic carbocycles. The van der Waals surface area contributed by atoms with E-state index in [1.807, 2.05) is 0 Å². The van der Waals surface area contributed by atoms with E-state index in [9.17, 15) is 17.6 Å². The highest BCUT2D eigenvalue weighted by Gasteiger charge is 2.36. The largest absolute Gasteiger partial charge is 0.207 e. The first-order chi connectivity index (χ1) is 15.4. The van der Waals surface area contributed by atoms with Crippen LogP contribution in [0.2, 0.25) is 0 Å². The first-order valence-electron chi connectivity index (χ1n) is 11.9. The maximum absolute atomic E-state index is 15.0. The zero-order chi connectivity index (χ0) is 22.8. The van der Waals surface area contributed by atoms with Crippen molar-refractivity contribution in [2.24, 2.45) is 17.8 Å². The molecule has 32 heavy (non-hydrogen) atoms. The van der Waals surface area contributed by atoms with Crippen LogP contribution >= 0.6 is 0 Å². The van der Waals surface area contributed by atoms with E-state index in [-0.39, 0.29) is 22.6 Å². The molecule has 0 saturated heterocycles. The van der Waals surface area contributed by atoms with Crippen LogP contribution < -0.4 is 0 Å². The van der Waals surface area contributed by atoms with Gasteiger partial charge in [0.15, 0.2) is 0 Å². The molecule has 0 amide bonds. The summed E-state index contributed by atoms with van der Waals surface area (Å²) in [5.74, 6) is -0.824. The van der Waals surface area contributed by atoms with Crippen LogP contribution in [-0.4, -0.2) is 0 Å². The lowest BCUT2D eigenvalue weighted by Crippen LogP contribution is -2.30. The summed E-state index contributed by atoms with van der Waals surface area (Å²) in [5, 5.41) is 0. The Kier molecular flexibility index (Phi) is 7.07. The Morgan fingerprint density at radius 3 is 2.09 bits per heavy atom. The van der Waals surface area contributed by atoms with E-state index in [4.69, 9.17) is 0 Å². The van der Waals surface area contributed by atoms with Gasteiger partial charge in [-0.2, -0.15) is 0 Å². The molecule has 0 aliphatic heterocycles. The molecule has 0 radical (unpaired) electrons. The standard InChI is InChI=1S/C28H32F4/c1-3-4-5-6-18-7-8-20-12-21(10-9-19(20)11-18)22-13-26(31)28(27(32)14-22)23-15-24(29)17(2)25(30)16-23/h3-4,13-16,18-21H,5-12H2,1-2H3/b4-3+. The highest BCUT2D eigenvalue weighted by molar-refractivity contribution is 5.66. The first kappa shape index (κ1) is 23.1. The molecule has 4 heteroatoms. The Balaban J connectivity index is 1.48. The van der Waals surface area contributed by atoms with E-state index in [0.717, 1.165) is 49.7 Å². The molecule has 0 bridgehead atoms. The molecule has 2 aliphatic rings. The Morgan fingerprint density at radius 1 is 0.812 bits per heavy atom. The van der Waals surface area contributed by atoms with Gasteiger partial charge in [-0.15, -0.1) is 0 Å². The van der Waals surface area contributed by atoms with Crippen molar-refractivity contribution >= 4 is 0 Å². The third kappa shape index (κ3) is 4.79. The zero-order valence-electron chi connectivity index (χ0n) is 18.9. The number of hydrogen-bond acceptors (Lipinski definition) is 0. The van der Waals surface area contributed by atoms with E-state index in [0.29, 0.717) is 11.5 Å². The second-order valence-electron chi connectivity index (χ2n) is 9.78. The SMILES string of the molecule is C/C=C/CCC1CCC2CC(c3cc(F)c(-c4cc(F)c(C)c(F)c4)c(F)c3)CCC2C1. The van der Waals surface area contributed by atoms with Crippen LogP contribution in [0.1, 0.15) is 75.3 Å². The van der Waals surface area contributed by atoms with Gasteiger partial charge in [-0.05, 0) is 118 Å². The van der Waals surface area contributed by atoms with E-state index >= 15 is 0 Å². The van der Waals surface area contributed by atoms with Crippen LogP contribution in [0.25, 0.3) is 11.1 Å². The van der Waals surface area contributed by atoms with E-state index in [1.165, 1.54) is 44.7 Å². The minimum atomic E-state index is -0.803. The average Bonchev–Trinajstić information content (AvgIpc) is 2.76. The third-order valence-corrected chi connectivity index (χ3v) is 7.80. The highest BCUT2D eigenvalue weighted by atomic mass is 19.1. The van der Waals surface area contributed by atoms with Gasteiger partial charge in [-0.3, -0.25) is 0 Å². The summed E-state index contributed by atoms with van der Waals surface area (Å²) in [4.78, 5) is 0. The van der Waals surface area contributed by atoms with Crippen molar-refractivity contribution in [3.63, 3.8) is 0 Å². The van der Waals surface area contributed by atoms with Crippen LogP contribution in [0.3, 0.4) is 0 Å². The molecule has 4 atom stereocenters. The fourth-order valence-corrected chi connectivity index (χ4v) is 5.94. The predicted octanol–water partition coefficient (Wildman–Crippen LogP) is 8.87. The molecule has 2 saturated carbocycles. The van der Waals surface area contributed by atoms with Crippen LogP contribution in [0, 0.1) is 47.9 Å². The molecule has 4 rings (SSSR count). The van der Waals surface area contributed by atoms with Gasteiger partial charge >= 0.3 is 0 Å². The first-order valence-corrected chi connectivity index (χ1v) is 11.9. The lowest BCUT2D eigenvalue weighted by atomic mass is 9.63. The molecule has 2 aromatic rings. The summed E-state index contributed by atoms with van der Waals surface area (Å²) in [6.07, 6.45) is 13.5. The Labute approximate surface area is 188 Å². The van der Waals surface area contributed by atoms with Gasteiger partial charge in [0.05, 0.1) is 5.56 Å². The second kappa shape index (κ2) is 9.80. The molecular formula is C28H32F4. The molecule has 0 N–H and O–H groups in total. The topological polar surface area (TPSA) is 0 Å². The minimum Gasteiger partial charge on any atom is -0.207 e. The zero-order valence-corrected chi connectivity index (χ0v) is 18.9. The van der Waals surface area contributed by atoms with Crippen molar-refractivity contribution in [2.45, 2.75) is 71.1 Å². The number of benzene rings is 2. The number of fused-ring (bicyclic) bond motifs is 1. The summed E-state index contributed by atoms with van der Waals surface area (Å²) in [5.41, 5.74) is 0.0546. The normalized spacial score (nSPS) is 25.8. The molecule has 172 valence electrons. The van der Waals surface area contributed by atoms with Gasteiger partial charge in [0, 0.05) is 5.56 Å². The average molecular weight is 445 g/mol. The van der Waals surface area contributed by atoms with Crippen LogP contribution in [0.15, 0.2) is 36.4 Å². The summed E-state index contributed by atoms with van der Waals surface area (Å²) in [7, 11) is 0. The fourth-order valence-electron chi connectivity index (χ4n) is 5.94. The molecular weight excluding hydrogens is 412 g/mol. The Bertz CT molecular complexity index is 947. The van der Waals surface area contributed by atoms with Gasteiger partial charge in [0.1, 0.15) is 23.3 Å². The van der Waals surface area contributed by atoms with E-state index < -0.39 is 23.3 Å². The van der Waals surface area contributed by atoms with Gasteiger partial charge < -0.3 is 0 Å². The van der Waals surface area contributed by atoms with Gasteiger partial charge in [-0.1, -0.05) is 18.6 Å². The molecule has 0 nitrogen and oxygen atoms in total. The number of allylic oxidation sites excluding steroid dienone is 2.